The lowest BCUT2D eigenvalue weighted by molar-refractivity contribution is 0.501. The highest BCUT2D eigenvalue weighted by Crippen LogP contribution is 2.19. The first-order valence-electron chi connectivity index (χ1n) is 5.57. The van der Waals surface area contributed by atoms with Crippen LogP contribution in [0.15, 0.2) is 4.99 Å². The summed E-state index contributed by atoms with van der Waals surface area (Å²) in [5.41, 5.74) is 0. The Morgan fingerprint density at radius 1 is 1.50 bits per heavy atom. The van der Waals surface area contributed by atoms with Gasteiger partial charge in [0.1, 0.15) is 0 Å². The minimum atomic E-state index is 0.621. The highest BCUT2D eigenvalue weighted by atomic mass is 32.2. The first kappa shape index (κ1) is 11.9. The van der Waals surface area contributed by atoms with Crippen molar-refractivity contribution >= 4 is 16.9 Å². The van der Waals surface area contributed by atoms with Crippen LogP contribution in [0.3, 0.4) is 0 Å². The van der Waals surface area contributed by atoms with Gasteiger partial charge in [-0.15, -0.1) is 0 Å². The second kappa shape index (κ2) is 5.64. The largest absolute Gasteiger partial charge is 0.361 e. The average molecular weight is 214 g/mol. The lowest BCUT2D eigenvalue weighted by Gasteiger charge is -2.13. The van der Waals surface area contributed by atoms with Crippen LogP contribution in [0.25, 0.3) is 0 Å². The summed E-state index contributed by atoms with van der Waals surface area (Å²) in [6.45, 7) is 9.96. The Labute approximate surface area is 92.0 Å². The van der Waals surface area contributed by atoms with Gasteiger partial charge in [0.05, 0.1) is 0 Å². The van der Waals surface area contributed by atoms with Gasteiger partial charge < -0.3 is 5.32 Å². The van der Waals surface area contributed by atoms with Crippen LogP contribution in [-0.4, -0.2) is 23.5 Å². The van der Waals surface area contributed by atoms with Crippen molar-refractivity contribution in [2.24, 2.45) is 16.8 Å². The Hall–Kier alpha value is -0.180. The number of amidine groups is 1. The molecule has 1 N–H and O–H groups in total. The summed E-state index contributed by atoms with van der Waals surface area (Å²) >= 11 is 1.87. The molecule has 14 heavy (non-hydrogen) atoms. The molecular weight excluding hydrogens is 192 g/mol. The van der Waals surface area contributed by atoms with Crippen molar-refractivity contribution in [3.63, 3.8) is 0 Å². The predicted octanol–water partition coefficient (Wildman–Crippen LogP) is 2.75. The van der Waals surface area contributed by atoms with Crippen molar-refractivity contribution < 1.29 is 0 Å². The second-order valence-electron chi connectivity index (χ2n) is 4.47. The fourth-order valence-electron chi connectivity index (χ4n) is 1.23. The quantitative estimate of drug-likeness (QED) is 0.778. The van der Waals surface area contributed by atoms with Gasteiger partial charge in [-0.1, -0.05) is 45.9 Å². The first-order valence-corrected chi connectivity index (χ1v) is 6.55. The van der Waals surface area contributed by atoms with Crippen LogP contribution in [0.1, 0.15) is 34.1 Å². The number of hydrogen-bond donors (Lipinski definition) is 1. The van der Waals surface area contributed by atoms with Crippen molar-refractivity contribution in [1.29, 1.82) is 0 Å². The van der Waals surface area contributed by atoms with E-state index in [0.717, 1.165) is 11.7 Å². The van der Waals surface area contributed by atoms with E-state index < -0.39 is 0 Å². The van der Waals surface area contributed by atoms with Gasteiger partial charge in [0.15, 0.2) is 5.17 Å². The number of hydrogen-bond acceptors (Lipinski definition) is 2. The summed E-state index contributed by atoms with van der Waals surface area (Å²) in [6.07, 6.45) is 1.22. The van der Waals surface area contributed by atoms with E-state index in [4.69, 9.17) is 0 Å². The van der Waals surface area contributed by atoms with Gasteiger partial charge in [-0.2, -0.15) is 0 Å². The number of nitrogens with one attached hydrogen (secondary N) is 1. The standard InChI is InChI=1S/C11H22N2S/c1-5-9(4)6-12-11-13-10(7-14-11)8(2)3/h8-10H,5-7H2,1-4H3,(H,12,13). The molecule has 0 radical (unpaired) electrons. The molecule has 2 nitrogen and oxygen atoms in total. The van der Waals surface area contributed by atoms with E-state index in [1.165, 1.54) is 12.2 Å². The second-order valence-corrected chi connectivity index (χ2v) is 5.47. The number of rotatable bonds is 4. The maximum absolute atomic E-state index is 4.60. The van der Waals surface area contributed by atoms with Crippen molar-refractivity contribution in [3.8, 4) is 0 Å². The molecule has 1 heterocycles. The van der Waals surface area contributed by atoms with E-state index >= 15 is 0 Å². The number of thioether (sulfide) groups is 1. The van der Waals surface area contributed by atoms with E-state index in [0.29, 0.717) is 17.9 Å². The molecule has 0 aromatic rings. The van der Waals surface area contributed by atoms with E-state index in [2.05, 4.69) is 38.0 Å². The van der Waals surface area contributed by atoms with Crippen LogP contribution in [-0.2, 0) is 0 Å². The summed E-state index contributed by atoms with van der Waals surface area (Å²) < 4.78 is 0. The van der Waals surface area contributed by atoms with E-state index in [-0.39, 0.29) is 0 Å². The lowest BCUT2D eigenvalue weighted by Crippen LogP contribution is -2.31. The van der Waals surface area contributed by atoms with Crippen molar-refractivity contribution in [3.05, 3.63) is 0 Å². The molecule has 3 heteroatoms. The lowest BCUT2D eigenvalue weighted by atomic mass is 10.1. The third-order valence-electron chi connectivity index (χ3n) is 2.76. The van der Waals surface area contributed by atoms with Gasteiger partial charge in [0.25, 0.3) is 0 Å². The Balaban J connectivity index is 2.34. The average Bonchev–Trinajstić information content (AvgIpc) is 2.62. The zero-order valence-corrected chi connectivity index (χ0v) is 10.5. The minimum Gasteiger partial charge on any atom is -0.361 e. The SMILES string of the molecule is CCC(C)CN=C1NC(C(C)C)CS1. The van der Waals surface area contributed by atoms with Crippen LogP contribution in [0.2, 0.25) is 0 Å². The predicted molar refractivity (Wildman–Crippen MR) is 66.0 cm³/mol. The normalized spacial score (nSPS) is 26.9. The topological polar surface area (TPSA) is 24.4 Å². The fraction of sp³-hybridized carbons (Fsp3) is 0.909. The minimum absolute atomic E-state index is 0.621. The molecule has 1 saturated heterocycles. The number of aliphatic imine (C=N–C) groups is 1. The molecule has 1 rings (SSSR count). The van der Waals surface area contributed by atoms with Crippen LogP contribution in [0.4, 0.5) is 0 Å². The van der Waals surface area contributed by atoms with Crippen LogP contribution in [0.5, 0.6) is 0 Å². The summed E-state index contributed by atoms with van der Waals surface area (Å²) in [5.74, 6) is 2.60. The molecule has 0 saturated carbocycles. The molecule has 2 unspecified atom stereocenters. The summed E-state index contributed by atoms with van der Waals surface area (Å²) in [5, 5.41) is 4.64. The maximum atomic E-state index is 4.60. The number of nitrogens with zero attached hydrogens (tertiary/aromatic N) is 1. The Kier molecular flexibility index (Phi) is 4.79. The Bertz CT molecular complexity index is 201. The van der Waals surface area contributed by atoms with Gasteiger partial charge in [-0.3, -0.25) is 4.99 Å². The van der Waals surface area contributed by atoms with Gasteiger partial charge >= 0.3 is 0 Å². The van der Waals surface area contributed by atoms with E-state index in [1.54, 1.807) is 0 Å². The summed E-state index contributed by atoms with van der Waals surface area (Å²) in [4.78, 5) is 4.60. The van der Waals surface area contributed by atoms with Gasteiger partial charge in [0, 0.05) is 18.3 Å². The highest BCUT2D eigenvalue weighted by molar-refractivity contribution is 8.14. The maximum Gasteiger partial charge on any atom is 0.156 e. The highest BCUT2D eigenvalue weighted by Gasteiger charge is 2.22. The smallest absolute Gasteiger partial charge is 0.156 e. The van der Waals surface area contributed by atoms with Gasteiger partial charge in [-0.25, -0.2) is 0 Å². The third kappa shape index (κ3) is 3.52. The molecule has 1 aliphatic heterocycles. The molecule has 0 bridgehead atoms. The van der Waals surface area contributed by atoms with Crippen LogP contribution in [0, 0.1) is 11.8 Å². The molecule has 1 aliphatic rings. The van der Waals surface area contributed by atoms with Gasteiger partial charge in [-0.05, 0) is 11.8 Å². The Morgan fingerprint density at radius 2 is 2.21 bits per heavy atom. The monoisotopic (exact) mass is 214 g/mol. The molecule has 0 aromatic carbocycles. The summed E-state index contributed by atoms with van der Waals surface area (Å²) in [7, 11) is 0. The molecule has 0 spiro atoms. The zero-order chi connectivity index (χ0) is 10.6. The van der Waals surface area contributed by atoms with E-state index in [9.17, 15) is 0 Å². The first-order chi connectivity index (χ1) is 6.63. The van der Waals surface area contributed by atoms with E-state index in [1.807, 2.05) is 11.8 Å². The third-order valence-corrected chi connectivity index (χ3v) is 3.80. The molecule has 2 atom stereocenters. The van der Waals surface area contributed by atoms with Crippen LogP contribution < -0.4 is 5.32 Å². The molecule has 1 fully saturated rings. The van der Waals surface area contributed by atoms with Gasteiger partial charge in [0.2, 0.25) is 0 Å². The van der Waals surface area contributed by atoms with Crippen molar-refractivity contribution in [2.75, 3.05) is 12.3 Å². The molecule has 0 aromatic heterocycles. The van der Waals surface area contributed by atoms with Crippen molar-refractivity contribution in [1.82, 2.24) is 5.32 Å². The molecule has 0 amide bonds. The fourth-order valence-corrected chi connectivity index (χ4v) is 2.44. The Morgan fingerprint density at radius 3 is 2.71 bits per heavy atom. The summed E-state index contributed by atoms with van der Waals surface area (Å²) in [6, 6.07) is 0.621. The van der Waals surface area contributed by atoms with Crippen molar-refractivity contribution in [2.45, 2.75) is 40.2 Å². The van der Waals surface area contributed by atoms with Crippen LogP contribution >= 0.6 is 11.8 Å². The molecular formula is C11H22N2S. The molecule has 0 aliphatic carbocycles. The molecule has 82 valence electrons. The zero-order valence-electron chi connectivity index (χ0n) is 9.71.